The van der Waals surface area contributed by atoms with Crippen LogP contribution in [0, 0.1) is 0 Å². The normalized spacial score (nSPS) is 11.0. The van der Waals surface area contributed by atoms with Crippen LogP contribution < -0.4 is 12.3 Å². The molecule has 0 aromatic rings. The van der Waals surface area contributed by atoms with Crippen molar-refractivity contribution in [3.63, 3.8) is 0 Å². The molecule has 0 amide bonds. The van der Waals surface area contributed by atoms with Gasteiger partial charge in [0, 0.05) is 12.1 Å². The van der Waals surface area contributed by atoms with Crippen LogP contribution in [0.5, 0.6) is 0 Å². The summed E-state index contributed by atoms with van der Waals surface area (Å²) in [4.78, 5) is 4.99. The first-order valence-electron chi connectivity index (χ1n) is 14.8. The second-order valence-electron chi connectivity index (χ2n) is 11.2. The summed E-state index contributed by atoms with van der Waals surface area (Å²) in [7, 11) is 9.18. The fourth-order valence-corrected chi connectivity index (χ4v) is 5.34. The van der Waals surface area contributed by atoms with Crippen LogP contribution >= 0.6 is 24.8 Å². The third-order valence-corrected chi connectivity index (χ3v) is 7.55. The van der Waals surface area contributed by atoms with E-state index in [0.717, 1.165) is 0 Å². The van der Waals surface area contributed by atoms with Gasteiger partial charge in [-0.15, -0.1) is 24.8 Å². The summed E-state index contributed by atoms with van der Waals surface area (Å²) in [6.45, 7) is 5.82. The minimum Gasteiger partial charge on any atom is -0.344 e. The van der Waals surface area contributed by atoms with Gasteiger partial charge in [-0.25, -0.2) is 0 Å². The van der Waals surface area contributed by atoms with E-state index >= 15 is 0 Å². The zero-order valence-corrected chi connectivity index (χ0v) is 27.5. The molecule has 226 valence electrons. The van der Waals surface area contributed by atoms with Gasteiger partial charge < -0.3 is 22.1 Å². The van der Waals surface area contributed by atoms with E-state index in [-0.39, 0.29) is 37.1 Å². The van der Waals surface area contributed by atoms with Crippen molar-refractivity contribution in [1.29, 1.82) is 0 Å². The van der Waals surface area contributed by atoms with Crippen LogP contribution in [0.1, 0.15) is 155 Å². The van der Waals surface area contributed by atoms with Gasteiger partial charge in [0.25, 0.3) is 0 Å². The van der Waals surface area contributed by atoms with Crippen molar-refractivity contribution in [2.45, 2.75) is 161 Å². The van der Waals surface area contributed by atoms with Gasteiger partial charge in [-0.1, -0.05) is 142 Å². The topological polar surface area (TPSA) is 76.5 Å². The highest BCUT2D eigenvalue weighted by molar-refractivity contribution is 5.85. The fourth-order valence-electron chi connectivity index (χ4n) is 5.34. The molecule has 36 heavy (non-hydrogen) atoms. The van der Waals surface area contributed by atoms with E-state index in [1.54, 1.807) is 0 Å². The quantitative estimate of drug-likeness (QED) is 0.109. The van der Waals surface area contributed by atoms with Crippen LogP contribution in [0.4, 0.5) is 0 Å². The maximum atomic E-state index is 2.56. The second-order valence-corrected chi connectivity index (χ2v) is 11.2. The predicted octanol–water partition coefficient (Wildman–Crippen LogP) is 10.6. The number of hydrogen-bond acceptors (Lipinski definition) is 4. The average molecular weight is 560 g/mol. The first-order valence-corrected chi connectivity index (χ1v) is 14.8. The predicted molar refractivity (Wildman–Crippen MR) is 172 cm³/mol. The second kappa shape index (κ2) is 33.4. The molecule has 0 aliphatic heterocycles. The molecule has 6 heteroatoms. The minimum absolute atomic E-state index is 0. The maximum Gasteiger partial charge on any atom is 0.0330 e. The van der Waals surface area contributed by atoms with Gasteiger partial charge >= 0.3 is 0 Å². The Hall–Kier alpha value is 0.420. The van der Waals surface area contributed by atoms with Gasteiger partial charge in [0.1, 0.15) is 0 Å². The summed E-state index contributed by atoms with van der Waals surface area (Å²) < 4.78 is 0. The smallest absolute Gasteiger partial charge is 0.0330 e. The summed E-state index contributed by atoms with van der Waals surface area (Å²) in [5.74, 6) is 0. The summed E-state index contributed by atoms with van der Waals surface area (Å²) in [6.07, 6.45) is 31.4. The molecule has 0 fully saturated rings. The summed E-state index contributed by atoms with van der Waals surface area (Å²) in [5.41, 5.74) is 0.365. The van der Waals surface area contributed by atoms with Crippen molar-refractivity contribution in [3.8, 4) is 0 Å². The maximum absolute atomic E-state index is 2.56. The molecule has 0 spiro atoms. The van der Waals surface area contributed by atoms with Crippen molar-refractivity contribution in [1.82, 2.24) is 22.1 Å². The molecule has 0 rings (SSSR count). The van der Waals surface area contributed by atoms with E-state index in [4.69, 9.17) is 0 Å². The fraction of sp³-hybridized carbons (Fsp3) is 1.00. The largest absolute Gasteiger partial charge is 0.344 e. The molecule has 0 saturated heterocycles. The van der Waals surface area contributed by atoms with E-state index in [2.05, 4.69) is 51.8 Å². The first-order chi connectivity index (χ1) is 15.5. The van der Waals surface area contributed by atoms with E-state index in [1.807, 2.05) is 0 Å². The van der Waals surface area contributed by atoms with Crippen molar-refractivity contribution < 1.29 is 0 Å². The Morgan fingerprint density at radius 1 is 0.417 bits per heavy atom. The molecule has 0 aliphatic carbocycles. The lowest BCUT2D eigenvalue weighted by Gasteiger charge is -2.42. The molecule has 0 aromatic heterocycles. The van der Waals surface area contributed by atoms with Gasteiger partial charge in [0.2, 0.25) is 0 Å². The lowest BCUT2D eigenvalue weighted by molar-refractivity contribution is 0.0846. The highest BCUT2D eigenvalue weighted by Gasteiger charge is 2.32. The highest BCUT2D eigenvalue weighted by Crippen LogP contribution is 2.29. The monoisotopic (exact) mass is 559 g/mol. The zero-order chi connectivity index (χ0) is 23.9. The lowest BCUT2D eigenvalue weighted by atomic mass is 9.84. The molecular formula is C30H72Cl2N4. The van der Waals surface area contributed by atoms with Crippen molar-refractivity contribution in [2.75, 3.05) is 34.7 Å². The van der Waals surface area contributed by atoms with Crippen LogP contribution in [0.3, 0.4) is 0 Å². The van der Waals surface area contributed by atoms with Gasteiger partial charge in [-0.05, 0) is 41.0 Å². The summed E-state index contributed by atoms with van der Waals surface area (Å²) in [5, 5.41) is 0. The van der Waals surface area contributed by atoms with Crippen LogP contribution in [-0.4, -0.2) is 50.1 Å². The third kappa shape index (κ3) is 27.5. The lowest BCUT2D eigenvalue weighted by Crippen LogP contribution is -2.51. The molecule has 4 nitrogen and oxygen atoms in total. The number of nitrogens with zero attached hydrogens (tertiary/aromatic N) is 2. The third-order valence-electron chi connectivity index (χ3n) is 7.55. The van der Waals surface area contributed by atoms with E-state index in [1.165, 1.54) is 148 Å². The zero-order valence-electron chi connectivity index (χ0n) is 25.9. The molecule has 0 unspecified atom stereocenters. The summed E-state index contributed by atoms with van der Waals surface area (Å²) in [6, 6.07) is 0. The van der Waals surface area contributed by atoms with E-state index < -0.39 is 0 Å². The SMILES string of the molecule is CCCCCCCCCCCCC(CCCCCCCCCCCC)(CN(C)C)N(C)C.Cl.Cl.N.N. The number of unbranched alkanes of at least 4 members (excludes halogenated alkanes) is 18. The Kier molecular flexibility index (Phi) is 43.0. The number of rotatable bonds is 25. The molecular weight excluding hydrogens is 487 g/mol. The van der Waals surface area contributed by atoms with Crippen molar-refractivity contribution >= 4 is 24.8 Å². The van der Waals surface area contributed by atoms with Gasteiger partial charge in [0.15, 0.2) is 0 Å². The van der Waals surface area contributed by atoms with E-state index in [9.17, 15) is 0 Å². The number of likely N-dealkylation sites (N-methyl/N-ethyl adjacent to an activating group) is 2. The molecule has 0 bridgehead atoms. The molecule has 0 atom stereocenters. The van der Waals surface area contributed by atoms with Crippen LogP contribution in [0.15, 0.2) is 0 Å². The van der Waals surface area contributed by atoms with Gasteiger partial charge in [-0.2, -0.15) is 0 Å². The highest BCUT2D eigenvalue weighted by atomic mass is 35.5. The standard InChI is InChI=1S/C30H64N2.2ClH.2H3N/c1-7-9-11-13-15-17-19-21-23-25-27-30(32(5)6,29-31(3)4)28-26-24-22-20-18-16-14-12-10-8-2;;;;/h7-29H2,1-6H3;2*1H;2*1H3. The van der Waals surface area contributed by atoms with Crippen LogP contribution in [0.25, 0.3) is 0 Å². The van der Waals surface area contributed by atoms with Gasteiger partial charge in [-0.3, -0.25) is 0 Å². The van der Waals surface area contributed by atoms with Gasteiger partial charge in [0.05, 0.1) is 0 Å². The van der Waals surface area contributed by atoms with Crippen molar-refractivity contribution in [2.24, 2.45) is 0 Å². The minimum atomic E-state index is 0. The molecule has 0 aromatic carbocycles. The van der Waals surface area contributed by atoms with Crippen molar-refractivity contribution in [3.05, 3.63) is 0 Å². The Labute approximate surface area is 241 Å². The number of halogens is 2. The summed E-state index contributed by atoms with van der Waals surface area (Å²) >= 11 is 0. The molecule has 0 aliphatic rings. The Balaban J connectivity index is -0.000000801. The Morgan fingerprint density at radius 2 is 0.667 bits per heavy atom. The Bertz CT molecular complexity index is 358. The first kappa shape index (κ1) is 46.3. The molecule has 0 radical (unpaired) electrons. The van der Waals surface area contributed by atoms with E-state index in [0.29, 0.717) is 5.54 Å². The Morgan fingerprint density at radius 3 is 0.889 bits per heavy atom. The average Bonchev–Trinajstić information content (AvgIpc) is 2.75. The van der Waals surface area contributed by atoms with Crippen LogP contribution in [0.2, 0.25) is 0 Å². The molecule has 0 heterocycles. The molecule has 0 saturated carbocycles. The van der Waals surface area contributed by atoms with Crippen LogP contribution in [-0.2, 0) is 0 Å². The number of hydrogen-bond donors (Lipinski definition) is 2. The molecule has 6 N–H and O–H groups in total.